The van der Waals surface area contributed by atoms with Crippen LogP contribution in [0.2, 0.25) is 0 Å². The third-order valence-corrected chi connectivity index (χ3v) is 1.77. The predicted octanol–water partition coefficient (Wildman–Crippen LogP) is 2.83. The van der Waals surface area contributed by atoms with Crippen LogP contribution in [0.1, 0.15) is 18.5 Å². The van der Waals surface area contributed by atoms with Crippen molar-refractivity contribution in [2.75, 3.05) is 0 Å². The maximum atomic E-state index is 5.56. The number of rotatable bonds is 1. The summed E-state index contributed by atoms with van der Waals surface area (Å²) in [6.45, 7) is 1.98. The van der Waals surface area contributed by atoms with Gasteiger partial charge in [0, 0.05) is 17.1 Å². The molecule has 1 atom stereocenters. The molecular formula is C12H15FeN-6. The van der Waals surface area contributed by atoms with Crippen LogP contribution in [0.4, 0.5) is 0 Å². The Labute approximate surface area is 96.1 Å². The normalized spacial score (nSPS) is 10.7. The van der Waals surface area contributed by atoms with Gasteiger partial charge in [0.15, 0.2) is 0 Å². The van der Waals surface area contributed by atoms with E-state index in [1.54, 1.807) is 0 Å². The molecular weight excluding hydrogens is 214 g/mol. The van der Waals surface area contributed by atoms with Crippen LogP contribution in [-0.4, -0.2) is 0 Å². The number of nitrogens with two attached hydrogens (primary N) is 1. The van der Waals surface area contributed by atoms with E-state index >= 15 is 0 Å². The second-order valence-electron chi connectivity index (χ2n) is 2.97. The second kappa shape index (κ2) is 7.57. The third-order valence-electron chi connectivity index (χ3n) is 1.77. The van der Waals surface area contributed by atoms with Crippen molar-refractivity contribution in [1.29, 1.82) is 0 Å². The monoisotopic (exact) mass is 229 g/mol. The van der Waals surface area contributed by atoms with E-state index in [0.717, 1.165) is 0 Å². The number of hydrogen-bond donors (Lipinski definition) is 1. The van der Waals surface area contributed by atoms with E-state index in [-0.39, 0.29) is 23.1 Å². The predicted molar refractivity (Wildman–Crippen MR) is 56.7 cm³/mol. The zero-order valence-corrected chi connectivity index (χ0v) is 9.31. The van der Waals surface area contributed by atoms with Crippen molar-refractivity contribution in [2.24, 2.45) is 5.73 Å². The van der Waals surface area contributed by atoms with Gasteiger partial charge in [-0.2, -0.15) is 12.1 Å². The first-order valence-corrected chi connectivity index (χ1v) is 4.44. The van der Waals surface area contributed by atoms with Gasteiger partial charge in [-0.3, -0.25) is 0 Å². The summed E-state index contributed by atoms with van der Waals surface area (Å²) in [7, 11) is 0. The SMILES string of the molecule is CC(N)[c-]1cccc1.[Fe].[cH-]1[cH-][cH-][cH-][cH-]1. The third kappa shape index (κ3) is 5.03. The Balaban J connectivity index is 0.000000246. The summed E-state index contributed by atoms with van der Waals surface area (Å²) in [5, 5.41) is 0. The Morgan fingerprint density at radius 2 is 1.36 bits per heavy atom. The Bertz CT molecular complexity index is 265. The van der Waals surface area contributed by atoms with Crippen LogP contribution in [-0.2, 0) is 17.1 Å². The summed E-state index contributed by atoms with van der Waals surface area (Å²) in [5.41, 5.74) is 6.77. The van der Waals surface area contributed by atoms with Gasteiger partial charge < -0.3 is 36.1 Å². The molecule has 0 spiro atoms. The standard InChI is InChI=1S/C7H10N.C5H5.Fe/c1-6(8)7-4-2-3-5-7;1-2-4-5-3-1;/h2-6H,8H2,1H3;1-5H;/q-1;-5;. The molecule has 0 bridgehead atoms. The van der Waals surface area contributed by atoms with Gasteiger partial charge in [0.25, 0.3) is 0 Å². The van der Waals surface area contributed by atoms with E-state index in [9.17, 15) is 0 Å². The van der Waals surface area contributed by atoms with Crippen LogP contribution in [0.15, 0.2) is 54.6 Å². The zero-order chi connectivity index (χ0) is 9.52. The van der Waals surface area contributed by atoms with Gasteiger partial charge in [0.05, 0.1) is 0 Å². The molecule has 2 aromatic rings. The summed E-state index contributed by atoms with van der Waals surface area (Å²) in [6.07, 6.45) is 0. The van der Waals surface area contributed by atoms with Crippen molar-refractivity contribution < 1.29 is 17.1 Å². The molecule has 0 aromatic heterocycles. The summed E-state index contributed by atoms with van der Waals surface area (Å²) in [4.78, 5) is 0. The first-order valence-electron chi connectivity index (χ1n) is 4.44. The Kier molecular flexibility index (Phi) is 7.13. The van der Waals surface area contributed by atoms with E-state index in [4.69, 9.17) is 5.73 Å². The van der Waals surface area contributed by atoms with Gasteiger partial charge in [0.2, 0.25) is 0 Å². The topological polar surface area (TPSA) is 26.0 Å². The summed E-state index contributed by atoms with van der Waals surface area (Å²) < 4.78 is 0. The molecule has 2 aromatic carbocycles. The minimum Gasteiger partial charge on any atom is -0.748 e. The molecule has 0 aliphatic rings. The zero-order valence-electron chi connectivity index (χ0n) is 8.20. The molecule has 82 valence electrons. The quantitative estimate of drug-likeness (QED) is 0.590. The minimum atomic E-state index is 0. The van der Waals surface area contributed by atoms with E-state index < -0.39 is 0 Å². The Hall–Kier alpha value is -0.821. The molecule has 0 radical (unpaired) electrons. The molecule has 0 saturated heterocycles. The van der Waals surface area contributed by atoms with Crippen LogP contribution in [0, 0.1) is 0 Å². The van der Waals surface area contributed by atoms with Crippen LogP contribution < -0.4 is 5.73 Å². The molecule has 2 N–H and O–H groups in total. The van der Waals surface area contributed by atoms with Gasteiger partial charge in [-0.15, -0.1) is 5.56 Å². The van der Waals surface area contributed by atoms with E-state index in [1.165, 1.54) is 5.56 Å². The van der Waals surface area contributed by atoms with Crippen molar-refractivity contribution in [3.8, 4) is 0 Å². The molecule has 2 rings (SSSR count). The smallest absolute Gasteiger partial charge is 0 e. The molecule has 0 aliphatic carbocycles. The Morgan fingerprint density at radius 1 is 1.00 bits per heavy atom. The maximum absolute atomic E-state index is 5.56. The van der Waals surface area contributed by atoms with Crippen molar-refractivity contribution in [2.45, 2.75) is 13.0 Å². The average Bonchev–Trinajstić information content (AvgIpc) is 2.82. The van der Waals surface area contributed by atoms with E-state index in [0.29, 0.717) is 0 Å². The molecule has 2 heteroatoms. The maximum Gasteiger partial charge on any atom is 0 e. The van der Waals surface area contributed by atoms with Gasteiger partial charge in [-0.25, -0.2) is 12.1 Å². The largest absolute Gasteiger partial charge is 0.748 e. The van der Waals surface area contributed by atoms with Gasteiger partial charge >= 0.3 is 0 Å². The van der Waals surface area contributed by atoms with Gasteiger partial charge in [0.1, 0.15) is 0 Å². The first-order chi connectivity index (χ1) is 6.30. The molecule has 0 aliphatic heterocycles. The van der Waals surface area contributed by atoms with Crippen molar-refractivity contribution in [3.05, 3.63) is 60.2 Å². The fourth-order valence-electron chi connectivity index (χ4n) is 1.01. The number of hydrogen-bond acceptors (Lipinski definition) is 1. The van der Waals surface area contributed by atoms with Crippen molar-refractivity contribution >= 4 is 0 Å². The molecule has 0 heterocycles. The van der Waals surface area contributed by atoms with Gasteiger partial charge in [-0.1, -0.05) is 6.92 Å². The van der Waals surface area contributed by atoms with Crippen LogP contribution in [0.5, 0.6) is 0 Å². The summed E-state index contributed by atoms with van der Waals surface area (Å²) in [5.74, 6) is 0. The second-order valence-corrected chi connectivity index (χ2v) is 2.97. The van der Waals surface area contributed by atoms with Crippen LogP contribution in [0.3, 0.4) is 0 Å². The summed E-state index contributed by atoms with van der Waals surface area (Å²) in [6, 6.07) is 18.2. The molecule has 14 heavy (non-hydrogen) atoms. The molecule has 0 fully saturated rings. The summed E-state index contributed by atoms with van der Waals surface area (Å²) >= 11 is 0. The minimum absolute atomic E-state index is 0. The van der Waals surface area contributed by atoms with Crippen LogP contribution >= 0.6 is 0 Å². The Morgan fingerprint density at radius 3 is 1.57 bits per heavy atom. The van der Waals surface area contributed by atoms with Crippen molar-refractivity contribution in [1.82, 2.24) is 0 Å². The fourth-order valence-corrected chi connectivity index (χ4v) is 1.01. The van der Waals surface area contributed by atoms with E-state index in [1.807, 2.05) is 61.5 Å². The molecule has 1 nitrogen and oxygen atoms in total. The molecule has 0 amide bonds. The average molecular weight is 229 g/mol. The van der Waals surface area contributed by atoms with Crippen molar-refractivity contribution in [3.63, 3.8) is 0 Å². The fraction of sp³-hybridized carbons (Fsp3) is 0.167. The van der Waals surface area contributed by atoms with E-state index in [2.05, 4.69) is 0 Å². The molecule has 1 unspecified atom stereocenters. The van der Waals surface area contributed by atoms with Crippen LogP contribution in [0.25, 0.3) is 0 Å². The van der Waals surface area contributed by atoms with Gasteiger partial charge in [-0.05, 0) is 6.04 Å². The first kappa shape index (κ1) is 13.2. The molecule has 0 saturated carbocycles.